The van der Waals surface area contributed by atoms with E-state index >= 15 is 0 Å². The fourth-order valence-electron chi connectivity index (χ4n) is 4.58. The summed E-state index contributed by atoms with van der Waals surface area (Å²) in [6, 6.07) is 2.90. The predicted octanol–water partition coefficient (Wildman–Crippen LogP) is 6.70. The molecule has 0 amide bonds. The minimum Gasteiger partial charge on any atom is -0.490 e. The number of allylic oxidation sites excluding steroid dienone is 2. The largest absolute Gasteiger partial charge is 0.490 e. The highest BCUT2D eigenvalue weighted by molar-refractivity contribution is 5.35. The van der Waals surface area contributed by atoms with E-state index in [1.54, 1.807) is 0 Å². The summed E-state index contributed by atoms with van der Waals surface area (Å²) in [6.45, 7) is 5.46. The van der Waals surface area contributed by atoms with Crippen LogP contribution in [0.5, 0.6) is 11.5 Å². The molecule has 0 aromatic heterocycles. The van der Waals surface area contributed by atoms with Gasteiger partial charge in [0, 0.05) is 5.92 Å². The Morgan fingerprint density at radius 2 is 1.70 bits per heavy atom. The zero-order chi connectivity index (χ0) is 21.3. The molecule has 0 spiro atoms. The Morgan fingerprint density at radius 3 is 2.30 bits per heavy atom. The molecule has 2 atom stereocenters. The molecule has 1 saturated heterocycles. The molecule has 1 heterocycles. The summed E-state index contributed by atoms with van der Waals surface area (Å²) >= 11 is 0. The number of benzene rings is 1. The van der Waals surface area contributed by atoms with Gasteiger partial charge in [-0.15, -0.1) is 0 Å². The van der Waals surface area contributed by atoms with E-state index < -0.39 is 11.6 Å². The number of hydrogen-bond acceptors (Lipinski definition) is 3. The monoisotopic (exact) mass is 422 g/mol. The highest BCUT2D eigenvalue weighted by Crippen LogP contribution is 2.36. The van der Waals surface area contributed by atoms with E-state index in [2.05, 4.69) is 19.1 Å². The summed E-state index contributed by atoms with van der Waals surface area (Å²) in [4.78, 5) is 0. The van der Waals surface area contributed by atoms with Crippen molar-refractivity contribution in [2.45, 2.75) is 71.3 Å². The van der Waals surface area contributed by atoms with Crippen molar-refractivity contribution in [3.63, 3.8) is 0 Å². The lowest BCUT2D eigenvalue weighted by atomic mass is 9.77. The highest BCUT2D eigenvalue weighted by Gasteiger charge is 2.31. The lowest BCUT2D eigenvalue weighted by molar-refractivity contribution is -0.0643. The van der Waals surface area contributed by atoms with Crippen LogP contribution < -0.4 is 9.47 Å². The maximum absolute atomic E-state index is 14.3. The zero-order valence-corrected chi connectivity index (χ0v) is 18.4. The third kappa shape index (κ3) is 6.19. The molecule has 5 heteroatoms. The van der Waals surface area contributed by atoms with E-state index in [1.165, 1.54) is 37.8 Å². The first-order valence-corrected chi connectivity index (χ1v) is 11.6. The van der Waals surface area contributed by atoms with E-state index in [9.17, 15) is 8.78 Å². The first-order chi connectivity index (χ1) is 14.6. The molecule has 3 rings (SSSR count). The number of halogens is 2. The van der Waals surface area contributed by atoms with E-state index in [4.69, 9.17) is 14.2 Å². The maximum Gasteiger partial charge on any atom is 0.204 e. The van der Waals surface area contributed by atoms with Crippen LogP contribution in [0.1, 0.15) is 65.2 Å². The molecule has 3 nitrogen and oxygen atoms in total. The number of ether oxygens (including phenoxy) is 3. The third-order valence-corrected chi connectivity index (χ3v) is 6.45. The molecule has 1 aliphatic heterocycles. The van der Waals surface area contributed by atoms with Gasteiger partial charge >= 0.3 is 0 Å². The van der Waals surface area contributed by atoms with Gasteiger partial charge in [0.2, 0.25) is 11.6 Å². The number of hydrogen-bond donors (Lipinski definition) is 0. The Labute approximate surface area is 179 Å². The summed E-state index contributed by atoms with van der Waals surface area (Å²) in [6.07, 6.45) is 13.6. The van der Waals surface area contributed by atoms with Crippen LogP contribution in [0.4, 0.5) is 8.78 Å². The fraction of sp³-hybridized carbons (Fsp3) is 0.680. The molecule has 30 heavy (non-hydrogen) atoms. The third-order valence-electron chi connectivity index (χ3n) is 6.45. The molecule has 0 bridgehead atoms. The van der Waals surface area contributed by atoms with E-state index in [0.717, 1.165) is 31.6 Å². The minimum atomic E-state index is -0.975. The van der Waals surface area contributed by atoms with Gasteiger partial charge in [0.15, 0.2) is 11.5 Å². The Bertz CT molecular complexity index is 675. The highest BCUT2D eigenvalue weighted by atomic mass is 19.2. The second-order valence-corrected chi connectivity index (χ2v) is 8.72. The topological polar surface area (TPSA) is 27.7 Å². The van der Waals surface area contributed by atoms with Crippen molar-refractivity contribution in [3.8, 4) is 11.5 Å². The van der Waals surface area contributed by atoms with Crippen LogP contribution in [0, 0.1) is 29.4 Å². The lowest BCUT2D eigenvalue weighted by Crippen LogP contribution is -2.35. The van der Waals surface area contributed by atoms with Crippen LogP contribution in [-0.4, -0.2) is 25.9 Å². The molecular weight excluding hydrogens is 386 g/mol. The summed E-state index contributed by atoms with van der Waals surface area (Å²) in [5, 5.41) is 0. The van der Waals surface area contributed by atoms with Crippen LogP contribution in [0.25, 0.3) is 0 Å². The standard InChI is InChI=1S/C25H36F2O3/c1-3-5-15-28-22-13-14-23(25(27)24(22)26)30-17-19-9-12-21(29-16-19)20-10-7-18(6-4-2)8-11-20/h4,6,13-14,18-21H,3,5,7-12,15-17H2,1-2H3/b6-4+. The van der Waals surface area contributed by atoms with Gasteiger partial charge in [0.05, 0.1) is 25.9 Å². The molecule has 1 saturated carbocycles. The predicted molar refractivity (Wildman–Crippen MR) is 115 cm³/mol. The van der Waals surface area contributed by atoms with Crippen LogP contribution in [0.3, 0.4) is 0 Å². The molecule has 0 radical (unpaired) electrons. The first-order valence-electron chi connectivity index (χ1n) is 11.6. The Kier molecular flexibility index (Phi) is 8.98. The lowest BCUT2D eigenvalue weighted by Gasteiger charge is -2.37. The Hall–Kier alpha value is -1.62. The van der Waals surface area contributed by atoms with Crippen molar-refractivity contribution in [3.05, 3.63) is 35.9 Å². The number of unbranched alkanes of at least 4 members (excludes halogenated alkanes) is 1. The van der Waals surface area contributed by atoms with Crippen molar-refractivity contribution in [2.75, 3.05) is 19.8 Å². The molecular formula is C25H36F2O3. The quantitative estimate of drug-likeness (QED) is 0.327. The Balaban J connectivity index is 1.42. The summed E-state index contributed by atoms with van der Waals surface area (Å²) in [5.74, 6) is -0.465. The molecule has 2 fully saturated rings. The van der Waals surface area contributed by atoms with Crippen LogP contribution in [0.15, 0.2) is 24.3 Å². The smallest absolute Gasteiger partial charge is 0.204 e. The molecule has 1 aromatic rings. The van der Waals surface area contributed by atoms with Crippen molar-refractivity contribution >= 4 is 0 Å². The normalized spacial score (nSPS) is 27.3. The summed E-state index contributed by atoms with van der Waals surface area (Å²) in [7, 11) is 0. The van der Waals surface area contributed by atoms with Gasteiger partial charge in [-0.2, -0.15) is 8.78 Å². The SMILES string of the molecule is C/C=C/C1CCC(C2CCC(COc3ccc(OCCCC)c(F)c3F)CO2)CC1. The minimum absolute atomic E-state index is 0.0544. The maximum atomic E-state index is 14.3. The second-order valence-electron chi connectivity index (χ2n) is 8.72. The molecule has 0 N–H and O–H groups in total. The molecule has 2 aliphatic rings. The Morgan fingerprint density at radius 1 is 1.00 bits per heavy atom. The summed E-state index contributed by atoms with van der Waals surface area (Å²) < 4.78 is 45.5. The average molecular weight is 423 g/mol. The van der Waals surface area contributed by atoms with Gasteiger partial charge in [-0.25, -0.2) is 0 Å². The zero-order valence-electron chi connectivity index (χ0n) is 18.4. The van der Waals surface area contributed by atoms with Crippen LogP contribution >= 0.6 is 0 Å². The van der Waals surface area contributed by atoms with Crippen molar-refractivity contribution < 1.29 is 23.0 Å². The van der Waals surface area contributed by atoms with Crippen molar-refractivity contribution in [2.24, 2.45) is 17.8 Å². The molecule has 168 valence electrons. The van der Waals surface area contributed by atoms with Gasteiger partial charge in [-0.1, -0.05) is 25.5 Å². The molecule has 1 aliphatic carbocycles. The van der Waals surface area contributed by atoms with Gasteiger partial charge in [0.1, 0.15) is 0 Å². The second kappa shape index (κ2) is 11.7. The van der Waals surface area contributed by atoms with Crippen molar-refractivity contribution in [1.29, 1.82) is 0 Å². The van der Waals surface area contributed by atoms with E-state index in [-0.39, 0.29) is 17.4 Å². The fourth-order valence-corrected chi connectivity index (χ4v) is 4.58. The van der Waals surface area contributed by atoms with Crippen molar-refractivity contribution in [1.82, 2.24) is 0 Å². The number of rotatable bonds is 9. The summed E-state index contributed by atoms with van der Waals surface area (Å²) in [5.41, 5.74) is 0. The first kappa shape index (κ1) is 23.1. The van der Waals surface area contributed by atoms with Gasteiger partial charge < -0.3 is 14.2 Å². The van der Waals surface area contributed by atoms with Gasteiger partial charge in [0.25, 0.3) is 0 Å². The van der Waals surface area contributed by atoms with Crippen LogP contribution in [-0.2, 0) is 4.74 Å². The van der Waals surface area contributed by atoms with Gasteiger partial charge in [-0.05, 0) is 75.8 Å². The van der Waals surface area contributed by atoms with Crippen LogP contribution in [0.2, 0.25) is 0 Å². The average Bonchev–Trinajstić information content (AvgIpc) is 2.77. The van der Waals surface area contributed by atoms with Gasteiger partial charge in [-0.3, -0.25) is 0 Å². The molecule has 1 aromatic carbocycles. The van der Waals surface area contributed by atoms with E-state index in [0.29, 0.717) is 31.8 Å². The van der Waals surface area contributed by atoms with E-state index in [1.807, 2.05) is 6.92 Å². The molecule has 2 unspecified atom stereocenters.